The Bertz CT molecular complexity index is 372. The topological polar surface area (TPSA) is 57.2 Å². The van der Waals surface area contributed by atoms with Gasteiger partial charge in [-0.1, -0.05) is 6.92 Å². The van der Waals surface area contributed by atoms with Crippen molar-refractivity contribution >= 4 is 11.6 Å². The van der Waals surface area contributed by atoms with Crippen LogP contribution < -0.4 is 10.6 Å². The second kappa shape index (κ2) is 6.34. The molecule has 0 fully saturated rings. The molecule has 0 amide bonds. The van der Waals surface area contributed by atoms with Crippen LogP contribution in [0.2, 0.25) is 0 Å². The highest BCUT2D eigenvalue weighted by Gasteiger charge is 2.11. The van der Waals surface area contributed by atoms with E-state index in [0.29, 0.717) is 6.54 Å². The Balaban J connectivity index is 2.81. The minimum absolute atomic E-state index is 0.0151. The van der Waals surface area contributed by atoms with Crippen LogP contribution >= 0.6 is 0 Å². The van der Waals surface area contributed by atoms with Crippen LogP contribution in [0.3, 0.4) is 0 Å². The first-order valence-electron chi connectivity index (χ1n) is 5.56. The molecule has 0 aliphatic rings. The summed E-state index contributed by atoms with van der Waals surface area (Å²) in [7, 11) is 0. The Morgan fingerprint density at radius 3 is 2.41 bits per heavy atom. The van der Waals surface area contributed by atoms with Gasteiger partial charge in [-0.05, 0) is 13.3 Å². The number of aliphatic hydroxyl groups is 1. The summed E-state index contributed by atoms with van der Waals surface area (Å²) in [5, 5.41) is 14.4. The third-order valence-electron chi connectivity index (χ3n) is 2.04. The van der Waals surface area contributed by atoms with Crippen molar-refractivity contribution in [1.82, 2.24) is 4.98 Å². The highest BCUT2D eigenvalue weighted by molar-refractivity contribution is 5.47. The van der Waals surface area contributed by atoms with Crippen molar-refractivity contribution in [2.75, 3.05) is 23.7 Å². The van der Waals surface area contributed by atoms with Gasteiger partial charge in [0.25, 0.3) is 0 Å². The summed E-state index contributed by atoms with van der Waals surface area (Å²) in [4.78, 5) is 3.80. The first-order chi connectivity index (χ1) is 8.04. The van der Waals surface area contributed by atoms with Crippen LogP contribution in [0.15, 0.2) is 6.07 Å². The highest BCUT2D eigenvalue weighted by atomic mass is 19.1. The molecule has 0 aromatic carbocycles. The molecule has 0 saturated heterocycles. The quantitative estimate of drug-likeness (QED) is 0.717. The highest BCUT2D eigenvalue weighted by Crippen LogP contribution is 2.18. The van der Waals surface area contributed by atoms with E-state index in [-0.39, 0.29) is 18.2 Å². The predicted octanol–water partition coefficient (Wildman–Crippen LogP) is 1.97. The van der Waals surface area contributed by atoms with Crippen LogP contribution in [0.25, 0.3) is 0 Å². The number of hydrogen-bond donors (Lipinski definition) is 3. The van der Waals surface area contributed by atoms with E-state index >= 15 is 0 Å². The normalized spacial score (nSPS) is 12.3. The van der Waals surface area contributed by atoms with Gasteiger partial charge in [-0.3, -0.25) is 0 Å². The molecule has 0 aliphatic carbocycles. The number of nitrogens with one attached hydrogen (secondary N) is 2. The first-order valence-corrected chi connectivity index (χ1v) is 5.56. The van der Waals surface area contributed by atoms with Gasteiger partial charge in [0.2, 0.25) is 0 Å². The van der Waals surface area contributed by atoms with Gasteiger partial charge in [0.1, 0.15) is 0 Å². The van der Waals surface area contributed by atoms with Crippen LogP contribution in [0, 0.1) is 11.6 Å². The monoisotopic (exact) mass is 245 g/mol. The summed E-state index contributed by atoms with van der Waals surface area (Å²) in [5.74, 6) is -1.55. The lowest BCUT2D eigenvalue weighted by Crippen LogP contribution is -2.18. The number of rotatable bonds is 6. The van der Waals surface area contributed by atoms with E-state index in [1.807, 2.05) is 6.92 Å². The summed E-state index contributed by atoms with van der Waals surface area (Å²) >= 11 is 0. The van der Waals surface area contributed by atoms with Gasteiger partial charge < -0.3 is 15.7 Å². The van der Waals surface area contributed by atoms with E-state index in [2.05, 4.69) is 15.6 Å². The summed E-state index contributed by atoms with van der Waals surface area (Å²) in [5.41, 5.74) is 0. The molecule has 0 spiro atoms. The molecule has 3 N–H and O–H groups in total. The molecule has 0 saturated carbocycles. The predicted molar refractivity (Wildman–Crippen MR) is 63.1 cm³/mol. The van der Waals surface area contributed by atoms with Crippen LogP contribution in [-0.2, 0) is 0 Å². The molecular formula is C11H17F2N3O. The summed E-state index contributed by atoms with van der Waals surface area (Å²) < 4.78 is 26.6. The maximum atomic E-state index is 13.3. The zero-order valence-electron chi connectivity index (χ0n) is 9.93. The molecule has 0 radical (unpaired) electrons. The summed E-state index contributed by atoms with van der Waals surface area (Å²) in [6.07, 6.45) is 0.183. The van der Waals surface area contributed by atoms with Crippen LogP contribution in [-0.4, -0.2) is 29.3 Å². The minimum atomic E-state index is -0.773. The lowest BCUT2D eigenvalue weighted by atomic mass is 10.3. The van der Waals surface area contributed by atoms with Gasteiger partial charge in [0, 0.05) is 19.2 Å². The number of pyridine rings is 1. The minimum Gasteiger partial charge on any atom is -0.392 e. The molecule has 6 heteroatoms. The van der Waals surface area contributed by atoms with Crippen molar-refractivity contribution in [3.63, 3.8) is 0 Å². The molecule has 1 unspecified atom stereocenters. The zero-order valence-corrected chi connectivity index (χ0v) is 9.93. The third-order valence-corrected chi connectivity index (χ3v) is 2.04. The lowest BCUT2D eigenvalue weighted by Gasteiger charge is -2.11. The second-order valence-electron chi connectivity index (χ2n) is 3.81. The van der Waals surface area contributed by atoms with Gasteiger partial charge in [0.15, 0.2) is 23.3 Å². The number of halogens is 2. The third kappa shape index (κ3) is 4.14. The molecule has 1 heterocycles. The summed E-state index contributed by atoms with van der Waals surface area (Å²) in [6, 6.07) is 0.773. The van der Waals surface area contributed by atoms with Crippen molar-refractivity contribution in [3.8, 4) is 0 Å². The van der Waals surface area contributed by atoms with Crippen molar-refractivity contribution in [1.29, 1.82) is 0 Å². The second-order valence-corrected chi connectivity index (χ2v) is 3.81. The van der Waals surface area contributed by atoms with E-state index in [4.69, 9.17) is 5.11 Å². The molecule has 96 valence electrons. The summed E-state index contributed by atoms with van der Waals surface area (Å²) in [6.45, 7) is 4.21. The van der Waals surface area contributed by atoms with Gasteiger partial charge in [-0.15, -0.1) is 0 Å². The van der Waals surface area contributed by atoms with Crippen LogP contribution in [0.4, 0.5) is 20.4 Å². The van der Waals surface area contributed by atoms with Gasteiger partial charge in [-0.2, -0.15) is 0 Å². The smallest absolute Gasteiger partial charge is 0.168 e. The standard InChI is InChI=1S/C11H17F2N3O/c1-3-4-14-10-8(12)5-9(13)11(16-10)15-6-7(2)17/h5,7,17H,3-4,6H2,1-2H3,(H2,14,15,16). The van der Waals surface area contributed by atoms with E-state index < -0.39 is 17.7 Å². The number of aromatic nitrogens is 1. The fourth-order valence-corrected chi connectivity index (χ4v) is 1.20. The van der Waals surface area contributed by atoms with Crippen molar-refractivity contribution in [2.45, 2.75) is 26.4 Å². The van der Waals surface area contributed by atoms with E-state index in [9.17, 15) is 8.78 Å². The van der Waals surface area contributed by atoms with Crippen LogP contribution in [0.5, 0.6) is 0 Å². The number of aliphatic hydroxyl groups excluding tert-OH is 1. The van der Waals surface area contributed by atoms with Gasteiger partial charge in [0.05, 0.1) is 6.10 Å². The van der Waals surface area contributed by atoms with E-state index in [1.165, 1.54) is 0 Å². The van der Waals surface area contributed by atoms with Crippen molar-refractivity contribution in [2.24, 2.45) is 0 Å². The molecular weight excluding hydrogens is 228 g/mol. The zero-order chi connectivity index (χ0) is 12.8. The molecule has 1 aromatic rings. The molecule has 0 bridgehead atoms. The van der Waals surface area contributed by atoms with E-state index in [1.54, 1.807) is 6.92 Å². The average Bonchev–Trinajstić information content (AvgIpc) is 2.26. The van der Waals surface area contributed by atoms with E-state index in [0.717, 1.165) is 12.5 Å². The number of hydrogen-bond acceptors (Lipinski definition) is 4. The maximum Gasteiger partial charge on any atom is 0.168 e. The van der Waals surface area contributed by atoms with Crippen molar-refractivity contribution in [3.05, 3.63) is 17.7 Å². The molecule has 1 rings (SSSR count). The average molecular weight is 245 g/mol. The van der Waals surface area contributed by atoms with Gasteiger partial charge >= 0.3 is 0 Å². The Morgan fingerprint density at radius 1 is 1.29 bits per heavy atom. The fraction of sp³-hybridized carbons (Fsp3) is 0.545. The maximum absolute atomic E-state index is 13.3. The Labute approximate surface area is 99.1 Å². The number of nitrogens with zero attached hydrogens (tertiary/aromatic N) is 1. The van der Waals surface area contributed by atoms with Crippen LogP contribution in [0.1, 0.15) is 20.3 Å². The number of anilines is 2. The fourth-order valence-electron chi connectivity index (χ4n) is 1.20. The first kappa shape index (κ1) is 13.6. The SMILES string of the molecule is CCCNc1nc(NCC(C)O)c(F)cc1F. The molecule has 1 atom stereocenters. The Hall–Kier alpha value is -1.43. The Kier molecular flexibility index (Phi) is 5.09. The molecule has 17 heavy (non-hydrogen) atoms. The van der Waals surface area contributed by atoms with Crippen molar-refractivity contribution < 1.29 is 13.9 Å². The molecule has 0 aliphatic heterocycles. The largest absolute Gasteiger partial charge is 0.392 e. The molecule has 4 nitrogen and oxygen atoms in total. The van der Waals surface area contributed by atoms with Gasteiger partial charge in [-0.25, -0.2) is 13.8 Å². The Morgan fingerprint density at radius 2 is 1.88 bits per heavy atom. The molecule has 1 aromatic heterocycles. The lowest BCUT2D eigenvalue weighted by molar-refractivity contribution is 0.208.